The molecule has 6 heteroatoms. The monoisotopic (exact) mass is 406 g/mol. The topological polar surface area (TPSA) is 32.3 Å². The lowest BCUT2D eigenvalue weighted by molar-refractivity contribution is -0.132. The lowest BCUT2D eigenvalue weighted by atomic mass is 9.97. The molecule has 0 unspecified atom stereocenters. The predicted molar refractivity (Wildman–Crippen MR) is 100.0 cm³/mol. The number of halogens is 2. The molecule has 124 valence electrons. The van der Waals surface area contributed by atoms with Gasteiger partial charge in [-0.15, -0.1) is 24.2 Å². The third-order valence-electron chi connectivity index (χ3n) is 3.86. The molecule has 1 aliphatic heterocycles. The van der Waals surface area contributed by atoms with Crippen LogP contribution in [0.4, 0.5) is 0 Å². The lowest BCUT2D eigenvalue weighted by Gasteiger charge is -2.32. The SMILES string of the molecule is CNCC1CCN(C(=O)CCSc2ccc(Br)cc2)CC1.Cl. The van der Waals surface area contributed by atoms with Crippen molar-refractivity contribution < 1.29 is 4.79 Å². The molecule has 1 aromatic rings. The fourth-order valence-electron chi connectivity index (χ4n) is 2.62. The molecule has 1 amide bonds. The summed E-state index contributed by atoms with van der Waals surface area (Å²) in [7, 11) is 2.00. The van der Waals surface area contributed by atoms with Crippen molar-refractivity contribution in [2.45, 2.75) is 24.2 Å². The number of likely N-dealkylation sites (tertiary alicyclic amines) is 1. The minimum atomic E-state index is 0. The quantitative estimate of drug-likeness (QED) is 0.728. The number of hydrogen-bond acceptors (Lipinski definition) is 3. The predicted octanol–water partition coefficient (Wildman–Crippen LogP) is 3.81. The lowest BCUT2D eigenvalue weighted by Crippen LogP contribution is -2.40. The van der Waals surface area contributed by atoms with Gasteiger partial charge in [-0.25, -0.2) is 0 Å². The standard InChI is InChI=1S/C16H23BrN2OS.ClH/c1-18-12-13-6-9-19(10-7-13)16(20)8-11-21-15-4-2-14(17)3-5-15;/h2-5,13,18H,6-12H2,1H3;1H. The number of benzene rings is 1. The van der Waals surface area contributed by atoms with Gasteiger partial charge in [-0.05, 0) is 56.6 Å². The summed E-state index contributed by atoms with van der Waals surface area (Å²) in [5.41, 5.74) is 0. The number of hydrogen-bond donors (Lipinski definition) is 1. The van der Waals surface area contributed by atoms with Gasteiger partial charge >= 0.3 is 0 Å². The minimum Gasteiger partial charge on any atom is -0.343 e. The van der Waals surface area contributed by atoms with Gasteiger partial charge in [-0.3, -0.25) is 4.79 Å². The van der Waals surface area contributed by atoms with Crippen LogP contribution >= 0.6 is 40.1 Å². The van der Waals surface area contributed by atoms with Crippen molar-refractivity contribution in [3.63, 3.8) is 0 Å². The van der Waals surface area contributed by atoms with Crippen LogP contribution in [0.3, 0.4) is 0 Å². The zero-order valence-corrected chi connectivity index (χ0v) is 16.1. The number of nitrogens with one attached hydrogen (secondary N) is 1. The van der Waals surface area contributed by atoms with Crippen molar-refractivity contribution in [1.82, 2.24) is 10.2 Å². The minimum absolute atomic E-state index is 0. The Kier molecular flexibility index (Phi) is 9.48. The van der Waals surface area contributed by atoms with Gasteiger partial charge in [0.1, 0.15) is 0 Å². The van der Waals surface area contributed by atoms with Crippen molar-refractivity contribution in [2.75, 3.05) is 32.4 Å². The first-order valence-electron chi connectivity index (χ1n) is 7.50. The van der Waals surface area contributed by atoms with Crippen LogP contribution in [0.25, 0.3) is 0 Å². The van der Waals surface area contributed by atoms with Crippen LogP contribution in [0.5, 0.6) is 0 Å². The van der Waals surface area contributed by atoms with Gasteiger partial charge in [-0.2, -0.15) is 0 Å². The molecule has 0 aromatic heterocycles. The van der Waals surface area contributed by atoms with Crippen molar-refractivity contribution in [3.8, 4) is 0 Å². The summed E-state index contributed by atoms with van der Waals surface area (Å²) in [4.78, 5) is 15.5. The second-order valence-corrected chi connectivity index (χ2v) is 7.52. The van der Waals surface area contributed by atoms with Gasteiger partial charge in [0.05, 0.1) is 0 Å². The highest BCUT2D eigenvalue weighted by Crippen LogP contribution is 2.22. The molecule has 1 aromatic carbocycles. The molecule has 1 fully saturated rings. The summed E-state index contributed by atoms with van der Waals surface area (Å²) in [6, 6.07) is 8.25. The van der Waals surface area contributed by atoms with Crippen LogP contribution in [0, 0.1) is 5.92 Å². The van der Waals surface area contributed by atoms with Gasteiger partial charge in [0, 0.05) is 34.6 Å². The third-order valence-corrected chi connectivity index (χ3v) is 5.40. The normalized spacial score (nSPS) is 15.5. The number of nitrogens with zero attached hydrogens (tertiary/aromatic N) is 1. The maximum Gasteiger partial charge on any atom is 0.223 e. The van der Waals surface area contributed by atoms with Crippen molar-refractivity contribution >= 4 is 46.0 Å². The number of piperidine rings is 1. The van der Waals surface area contributed by atoms with Crippen LogP contribution in [0.2, 0.25) is 0 Å². The molecule has 2 rings (SSSR count). The highest BCUT2D eigenvalue weighted by atomic mass is 79.9. The van der Waals surface area contributed by atoms with Gasteiger partial charge in [0.15, 0.2) is 0 Å². The first-order chi connectivity index (χ1) is 10.2. The van der Waals surface area contributed by atoms with Crippen LogP contribution in [0.1, 0.15) is 19.3 Å². The maximum absolute atomic E-state index is 12.2. The number of rotatable bonds is 6. The Labute approximate surface area is 152 Å². The van der Waals surface area contributed by atoms with Gasteiger partial charge < -0.3 is 10.2 Å². The molecule has 22 heavy (non-hydrogen) atoms. The molecule has 1 heterocycles. The Morgan fingerprint density at radius 1 is 1.32 bits per heavy atom. The molecule has 0 bridgehead atoms. The van der Waals surface area contributed by atoms with Gasteiger partial charge in [-0.1, -0.05) is 15.9 Å². The smallest absolute Gasteiger partial charge is 0.223 e. The zero-order valence-electron chi connectivity index (χ0n) is 12.9. The first kappa shape index (κ1) is 19.8. The highest BCUT2D eigenvalue weighted by molar-refractivity contribution is 9.10. The first-order valence-corrected chi connectivity index (χ1v) is 9.27. The zero-order chi connectivity index (χ0) is 15.1. The molecule has 0 atom stereocenters. The molecule has 1 saturated heterocycles. The van der Waals surface area contributed by atoms with E-state index in [9.17, 15) is 4.79 Å². The fraction of sp³-hybridized carbons (Fsp3) is 0.562. The van der Waals surface area contributed by atoms with E-state index < -0.39 is 0 Å². The van der Waals surface area contributed by atoms with Crippen LogP contribution in [0.15, 0.2) is 33.6 Å². The van der Waals surface area contributed by atoms with Gasteiger partial charge in [0.25, 0.3) is 0 Å². The largest absolute Gasteiger partial charge is 0.343 e. The second-order valence-electron chi connectivity index (χ2n) is 5.43. The van der Waals surface area contributed by atoms with E-state index in [1.165, 1.54) is 4.90 Å². The molecular weight excluding hydrogens is 384 g/mol. The fourth-order valence-corrected chi connectivity index (χ4v) is 3.73. The maximum atomic E-state index is 12.2. The number of thioether (sulfide) groups is 1. The van der Waals surface area contributed by atoms with Crippen LogP contribution in [-0.4, -0.2) is 43.2 Å². The summed E-state index contributed by atoms with van der Waals surface area (Å²) >= 11 is 5.18. The van der Waals surface area contributed by atoms with Gasteiger partial charge in [0.2, 0.25) is 5.91 Å². The molecule has 1 aliphatic rings. The van der Waals surface area contributed by atoms with E-state index in [0.717, 1.165) is 48.6 Å². The molecule has 0 saturated carbocycles. The molecule has 0 spiro atoms. The Balaban J connectivity index is 0.00000242. The molecule has 1 N–H and O–H groups in total. The highest BCUT2D eigenvalue weighted by Gasteiger charge is 2.21. The van der Waals surface area contributed by atoms with E-state index in [1.54, 1.807) is 11.8 Å². The molecule has 0 radical (unpaired) electrons. The molecule has 3 nitrogen and oxygen atoms in total. The number of carbonyl (C=O) groups is 1. The summed E-state index contributed by atoms with van der Waals surface area (Å²) in [6.45, 7) is 2.92. The summed E-state index contributed by atoms with van der Waals surface area (Å²) in [6.07, 6.45) is 2.90. The van der Waals surface area contributed by atoms with Crippen molar-refractivity contribution in [2.24, 2.45) is 5.92 Å². The van der Waals surface area contributed by atoms with Crippen LogP contribution < -0.4 is 5.32 Å². The molecular formula is C16H24BrClN2OS. The second kappa shape index (κ2) is 10.5. The van der Waals surface area contributed by atoms with Crippen molar-refractivity contribution in [3.05, 3.63) is 28.7 Å². The summed E-state index contributed by atoms with van der Waals surface area (Å²) < 4.78 is 1.09. The summed E-state index contributed by atoms with van der Waals surface area (Å²) in [5, 5.41) is 3.23. The van der Waals surface area contributed by atoms with E-state index in [-0.39, 0.29) is 12.4 Å². The van der Waals surface area contributed by atoms with E-state index >= 15 is 0 Å². The Hall–Kier alpha value is -0.230. The van der Waals surface area contributed by atoms with E-state index in [4.69, 9.17) is 0 Å². The third kappa shape index (κ3) is 6.49. The summed E-state index contributed by atoms with van der Waals surface area (Å²) in [5.74, 6) is 1.90. The van der Waals surface area contributed by atoms with Crippen molar-refractivity contribution in [1.29, 1.82) is 0 Å². The average Bonchev–Trinajstić information content (AvgIpc) is 2.50. The number of carbonyl (C=O) groups excluding carboxylic acids is 1. The van der Waals surface area contributed by atoms with E-state index in [2.05, 4.69) is 33.4 Å². The number of amides is 1. The van der Waals surface area contributed by atoms with E-state index in [1.807, 2.05) is 24.1 Å². The Morgan fingerprint density at radius 3 is 2.55 bits per heavy atom. The van der Waals surface area contributed by atoms with E-state index in [0.29, 0.717) is 12.3 Å². The molecule has 0 aliphatic carbocycles. The average molecular weight is 408 g/mol. The van der Waals surface area contributed by atoms with Crippen LogP contribution in [-0.2, 0) is 4.79 Å². The Bertz CT molecular complexity index is 450. The Morgan fingerprint density at radius 2 is 1.95 bits per heavy atom.